The molecule has 9 nitrogen and oxygen atoms in total. The van der Waals surface area contributed by atoms with Crippen LogP contribution in [0.5, 0.6) is 11.5 Å². The largest absolute Gasteiger partial charge is 0.497 e. The van der Waals surface area contributed by atoms with Crippen LogP contribution in [0.2, 0.25) is 0 Å². The predicted octanol–water partition coefficient (Wildman–Crippen LogP) is 2.37. The van der Waals surface area contributed by atoms with Crippen molar-refractivity contribution in [3.8, 4) is 11.5 Å². The van der Waals surface area contributed by atoms with E-state index in [0.717, 1.165) is 19.6 Å². The lowest BCUT2D eigenvalue weighted by Gasteiger charge is -2.30. The molecular formula is C25H30N4O5S. The Kier molecular flexibility index (Phi) is 8.17. The number of rotatable bonds is 9. The van der Waals surface area contributed by atoms with Crippen molar-refractivity contribution in [3.05, 3.63) is 48.5 Å². The number of benzene rings is 2. The Morgan fingerprint density at radius 3 is 2.20 bits per heavy atom. The van der Waals surface area contributed by atoms with E-state index in [-0.39, 0.29) is 18.2 Å². The first kappa shape index (κ1) is 24.9. The number of ether oxygens (including phenoxy) is 3. The Labute approximate surface area is 210 Å². The van der Waals surface area contributed by atoms with Crippen LogP contribution >= 0.6 is 12.2 Å². The molecule has 1 N–H and O–H groups in total. The van der Waals surface area contributed by atoms with Gasteiger partial charge in [-0.15, -0.1) is 0 Å². The van der Waals surface area contributed by atoms with Crippen molar-refractivity contribution < 1.29 is 23.8 Å². The molecule has 186 valence electrons. The van der Waals surface area contributed by atoms with Crippen molar-refractivity contribution in [1.82, 2.24) is 9.80 Å². The third-order valence-corrected chi connectivity index (χ3v) is 6.58. The highest BCUT2D eigenvalue weighted by Gasteiger charge is 2.44. The van der Waals surface area contributed by atoms with Gasteiger partial charge < -0.3 is 24.4 Å². The first-order valence-electron chi connectivity index (χ1n) is 11.5. The molecule has 0 bridgehead atoms. The van der Waals surface area contributed by atoms with Gasteiger partial charge in [0.05, 0.1) is 39.5 Å². The monoisotopic (exact) mass is 498 g/mol. The molecule has 2 saturated heterocycles. The van der Waals surface area contributed by atoms with Gasteiger partial charge in [0.25, 0.3) is 5.91 Å². The van der Waals surface area contributed by atoms with Gasteiger partial charge in [-0.05, 0) is 60.7 Å². The van der Waals surface area contributed by atoms with Gasteiger partial charge in [-0.3, -0.25) is 19.4 Å². The standard InChI is InChI=1S/C25H30N4O5S/c1-32-20-7-3-18(4-8-20)26-23(30)17-22-24(31)29(19-5-9-21(33-2)10-6-19)25(35)28(22)12-11-27-13-15-34-16-14-27/h3-10,22H,11-17H2,1-2H3,(H,26,30)/t22-/m1/s1. The summed E-state index contributed by atoms with van der Waals surface area (Å²) in [5.74, 6) is 0.908. The number of morpholine rings is 1. The zero-order valence-corrected chi connectivity index (χ0v) is 20.8. The van der Waals surface area contributed by atoms with Gasteiger partial charge in [0.2, 0.25) is 5.91 Å². The van der Waals surface area contributed by atoms with E-state index in [9.17, 15) is 9.59 Å². The van der Waals surface area contributed by atoms with Crippen molar-refractivity contribution in [1.29, 1.82) is 0 Å². The summed E-state index contributed by atoms with van der Waals surface area (Å²) in [4.78, 5) is 32.1. The minimum atomic E-state index is -0.691. The van der Waals surface area contributed by atoms with E-state index >= 15 is 0 Å². The van der Waals surface area contributed by atoms with E-state index in [4.69, 9.17) is 26.4 Å². The lowest BCUT2D eigenvalue weighted by molar-refractivity contribution is -0.124. The molecule has 2 amide bonds. The number of anilines is 2. The summed E-state index contributed by atoms with van der Waals surface area (Å²) in [5, 5.41) is 3.27. The highest BCUT2D eigenvalue weighted by atomic mass is 32.1. The van der Waals surface area contributed by atoms with E-state index in [1.165, 1.54) is 4.90 Å². The SMILES string of the molecule is COc1ccc(NC(=O)C[C@@H]2C(=O)N(c3ccc(OC)cc3)C(=S)N2CCN2CCOCC2)cc1. The molecular weight excluding hydrogens is 468 g/mol. The van der Waals surface area contributed by atoms with Crippen LogP contribution in [-0.2, 0) is 14.3 Å². The van der Waals surface area contributed by atoms with Gasteiger partial charge in [-0.25, -0.2) is 0 Å². The second-order valence-electron chi connectivity index (χ2n) is 8.30. The zero-order chi connectivity index (χ0) is 24.8. The minimum Gasteiger partial charge on any atom is -0.497 e. The first-order chi connectivity index (χ1) is 17.0. The molecule has 1 atom stereocenters. The molecule has 2 heterocycles. The molecule has 0 unspecified atom stereocenters. The van der Waals surface area contributed by atoms with E-state index in [2.05, 4.69) is 10.2 Å². The van der Waals surface area contributed by atoms with Crippen molar-refractivity contribution in [2.24, 2.45) is 0 Å². The fourth-order valence-electron chi connectivity index (χ4n) is 4.19. The van der Waals surface area contributed by atoms with Gasteiger partial charge in [-0.1, -0.05) is 0 Å². The molecule has 2 fully saturated rings. The van der Waals surface area contributed by atoms with Gasteiger partial charge in [-0.2, -0.15) is 0 Å². The molecule has 0 spiro atoms. The van der Waals surface area contributed by atoms with Crippen molar-refractivity contribution in [3.63, 3.8) is 0 Å². The predicted molar refractivity (Wildman–Crippen MR) is 137 cm³/mol. The number of carbonyl (C=O) groups excluding carboxylic acids is 2. The average molecular weight is 499 g/mol. The average Bonchev–Trinajstić information content (AvgIpc) is 3.12. The highest BCUT2D eigenvalue weighted by molar-refractivity contribution is 7.80. The molecule has 0 aromatic heterocycles. The number of carbonyl (C=O) groups is 2. The van der Waals surface area contributed by atoms with Crippen LogP contribution in [0.3, 0.4) is 0 Å². The van der Waals surface area contributed by atoms with Crippen molar-refractivity contribution >= 4 is 40.5 Å². The Balaban J connectivity index is 1.50. The van der Waals surface area contributed by atoms with Crippen LogP contribution in [0.15, 0.2) is 48.5 Å². The highest BCUT2D eigenvalue weighted by Crippen LogP contribution is 2.29. The first-order valence-corrected chi connectivity index (χ1v) is 11.9. The van der Waals surface area contributed by atoms with E-state index in [1.807, 2.05) is 4.90 Å². The maximum absolute atomic E-state index is 13.5. The fourth-order valence-corrected chi connectivity index (χ4v) is 4.61. The number of amides is 2. The molecule has 0 aliphatic carbocycles. The molecule has 2 aromatic carbocycles. The van der Waals surface area contributed by atoms with Crippen LogP contribution in [0, 0.1) is 0 Å². The summed E-state index contributed by atoms with van der Waals surface area (Å²) in [6.45, 7) is 4.31. The van der Waals surface area contributed by atoms with E-state index in [0.29, 0.717) is 47.7 Å². The lowest BCUT2D eigenvalue weighted by atomic mass is 10.1. The lowest BCUT2D eigenvalue weighted by Crippen LogP contribution is -2.45. The number of methoxy groups -OCH3 is 2. The minimum absolute atomic E-state index is 0.0131. The number of nitrogens with zero attached hydrogens (tertiary/aromatic N) is 3. The second kappa shape index (κ2) is 11.5. The molecule has 0 radical (unpaired) electrons. The molecule has 2 aliphatic heterocycles. The van der Waals surface area contributed by atoms with Crippen molar-refractivity contribution in [2.45, 2.75) is 12.5 Å². The summed E-state index contributed by atoms with van der Waals surface area (Å²) >= 11 is 5.75. The van der Waals surface area contributed by atoms with Gasteiger partial charge in [0.15, 0.2) is 5.11 Å². The normalized spacial score (nSPS) is 18.6. The van der Waals surface area contributed by atoms with E-state index in [1.54, 1.807) is 62.8 Å². The number of nitrogens with one attached hydrogen (secondary N) is 1. The Bertz CT molecular complexity index is 1040. The summed E-state index contributed by atoms with van der Waals surface area (Å²) in [6, 6.07) is 13.5. The fraction of sp³-hybridized carbons (Fsp3) is 0.400. The molecule has 0 saturated carbocycles. The number of hydrogen-bond donors (Lipinski definition) is 1. The van der Waals surface area contributed by atoms with Gasteiger partial charge in [0, 0.05) is 31.9 Å². The van der Waals surface area contributed by atoms with Gasteiger partial charge >= 0.3 is 0 Å². The van der Waals surface area contributed by atoms with E-state index < -0.39 is 6.04 Å². The molecule has 4 rings (SSSR count). The Morgan fingerprint density at radius 1 is 1.00 bits per heavy atom. The van der Waals surface area contributed by atoms with Crippen LogP contribution in [0.25, 0.3) is 0 Å². The summed E-state index contributed by atoms with van der Waals surface area (Å²) < 4.78 is 15.8. The number of thiocarbonyl (C=S) groups is 1. The van der Waals surface area contributed by atoms with Gasteiger partial charge in [0.1, 0.15) is 17.5 Å². The molecule has 10 heteroatoms. The number of hydrogen-bond acceptors (Lipinski definition) is 7. The Morgan fingerprint density at radius 2 is 1.60 bits per heavy atom. The quantitative estimate of drug-likeness (QED) is 0.528. The van der Waals surface area contributed by atoms with Crippen LogP contribution in [0.4, 0.5) is 11.4 Å². The Hall–Kier alpha value is -3.21. The third-order valence-electron chi connectivity index (χ3n) is 6.16. The third kappa shape index (κ3) is 5.90. The molecule has 35 heavy (non-hydrogen) atoms. The van der Waals surface area contributed by atoms with Crippen LogP contribution in [0.1, 0.15) is 6.42 Å². The summed E-state index contributed by atoms with van der Waals surface area (Å²) in [6.07, 6.45) is -0.0131. The maximum atomic E-state index is 13.5. The molecule has 2 aromatic rings. The molecule has 2 aliphatic rings. The smallest absolute Gasteiger partial charge is 0.256 e. The summed E-state index contributed by atoms with van der Waals surface area (Å²) in [7, 11) is 3.17. The van der Waals surface area contributed by atoms with Crippen LogP contribution in [-0.4, -0.2) is 86.4 Å². The van der Waals surface area contributed by atoms with Crippen LogP contribution < -0.4 is 19.7 Å². The second-order valence-corrected chi connectivity index (χ2v) is 8.66. The van der Waals surface area contributed by atoms with Crippen molar-refractivity contribution in [2.75, 3.05) is 63.8 Å². The maximum Gasteiger partial charge on any atom is 0.256 e. The zero-order valence-electron chi connectivity index (χ0n) is 19.9. The topological polar surface area (TPSA) is 83.6 Å². The summed E-state index contributed by atoms with van der Waals surface area (Å²) in [5.41, 5.74) is 1.28.